The summed E-state index contributed by atoms with van der Waals surface area (Å²) in [6, 6.07) is 17.6. The van der Waals surface area contributed by atoms with E-state index < -0.39 is 6.10 Å². The molecule has 0 saturated carbocycles. The van der Waals surface area contributed by atoms with Gasteiger partial charge in [0, 0.05) is 6.54 Å². The number of para-hydroxylation sites is 2. The monoisotopic (exact) mass is 350 g/mol. The second kappa shape index (κ2) is 6.83. The minimum absolute atomic E-state index is 0.0198. The molecule has 0 bridgehead atoms. The Labute approximate surface area is 153 Å². The molecule has 0 spiro atoms. The summed E-state index contributed by atoms with van der Waals surface area (Å²) < 4.78 is 5.66. The van der Waals surface area contributed by atoms with Crippen molar-refractivity contribution in [3.63, 3.8) is 0 Å². The fourth-order valence-corrected chi connectivity index (χ4v) is 3.83. The lowest BCUT2D eigenvalue weighted by molar-refractivity contribution is -0.133. The molecule has 2 atom stereocenters. The van der Waals surface area contributed by atoms with E-state index in [2.05, 4.69) is 12.1 Å². The van der Waals surface area contributed by atoms with Gasteiger partial charge >= 0.3 is 0 Å². The van der Waals surface area contributed by atoms with E-state index in [4.69, 9.17) is 4.74 Å². The van der Waals surface area contributed by atoms with Crippen LogP contribution in [0.25, 0.3) is 0 Å². The smallest absolute Gasteiger partial charge is 0.268 e. The first-order valence-electron chi connectivity index (χ1n) is 9.06. The molecular formula is C21H22N2O3. The Hall–Kier alpha value is -2.82. The highest BCUT2D eigenvalue weighted by atomic mass is 16.5. The van der Waals surface area contributed by atoms with Gasteiger partial charge in [-0.3, -0.25) is 14.5 Å². The molecule has 2 amide bonds. The quantitative estimate of drug-likeness (QED) is 0.854. The Morgan fingerprint density at radius 1 is 1.12 bits per heavy atom. The van der Waals surface area contributed by atoms with Crippen molar-refractivity contribution in [3.8, 4) is 5.75 Å². The van der Waals surface area contributed by atoms with E-state index in [-0.39, 0.29) is 24.4 Å². The summed E-state index contributed by atoms with van der Waals surface area (Å²) in [5.74, 6) is 0.453. The highest BCUT2D eigenvalue weighted by molar-refractivity contribution is 6.03. The number of amides is 2. The molecule has 4 rings (SSSR count). The van der Waals surface area contributed by atoms with E-state index in [9.17, 15) is 9.59 Å². The molecule has 0 N–H and O–H groups in total. The maximum atomic E-state index is 13.1. The van der Waals surface area contributed by atoms with Crippen LogP contribution in [0.15, 0.2) is 54.6 Å². The molecule has 2 aromatic carbocycles. The molecule has 5 nitrogen and oxygen atoms in total. The normalized spacial score (nSPS) is 22.1. The van der Waals surface area contributed by atoms with Crippen LogP contribution in [0.2, 0.25) is 0 Å². The third-order valence-corrected chi connectivity index (χ3v) is 5.12. The number of rotatable bonds is 3. The third kappa shape index (κ3) is 2.94. The largest absolute Gasteiger partial charge is 0.479 e. The van der Waals surface area contributed by atoms with Crippen LogP contribution in [-0.2, 0) is 9.59 Å². The first-order chi connectivity index (χ1) is 12.6. The van der Waals surface area contributed by atoms with Gasteiger partial charge in [-0.05, 0) is 37.5 Å². The summed E-state index contributed by atoms with van der Waals surface area (Å²) in [5, 5.41) is 0. The summed E-state index contributed by atoms with van der Waals surface area (Å²) in [6.45, 7) is 2.50. The predicted octanol–water partition coefficient (Wildman–Crippen LogP) is 3.16. The Morgan fingerprint density at radius 3 is 2.65 bits per heavy atom. The van der Waals surface area contributed by atoms with Gasteiger partial charge in [-0.1, -0.05) is 42.5 Å². The molecule has 2 heterocycles. The van der Waals surface area contributed by atoms with Crippen molar-refractivity contribution in [3.05, 3.63) is 60.2 Å². The minimum Gasteiger partial charge on any atom is -0.479 e. The molecular weight excluding hydrogens is 328 g/mol. The maximum absolute atomic E-state index is 13.1. The fourth-order valence-electron chi connectivity index (χ4n) is 3.83. The van der Waals surface area contributed by atoms with Crippen molar-refractivity contribution in [1.29, 1.82) is 0 Å². The van der Waals surface area contributed by atoms with Gasteiger partial charge < -0.3 is 9.64 Å². The summed E-state index contributed by atoms with van der Waals surface area (Å²) in [7, 11) is 0. The summed E-state index contributed by atoms with van der Waals surface area (Å²) >= 11 is 0. The van der Waals surface area contributed by atoms with Crippen molar-refractivity contribution in [2.24, 2.45) is 0 Å². The first-order valence-corrected chi connectivity index (χ1v) is 9.06. The molecule has 0 radical (unpaired) electrons. The Bertz CT molecular complexity index is 821. The first kappa shape index (κ1) is 16.6. The molecule has 1 saturated heterocycles. The zero-order valence-electron chi connectivity index (χ0n) is 14.8. The van der Waals surface area contributed by atoms with Crippen LogP contribution in [0.5, 0.6) is 5.75 Å². The number of ether oxygens (including phenoxy) is 1. The van der Waals surface area contributed by atoms with Gasteiger partial charge in [0.25, 0.3) is 5.91 Å². The van der Waals surface area contributed by atoms with Crippen LogP contribution in [0.4, 0.5) is 5.69 Å². The van der Waals surface area contributed by atoms with Crippen LogP contribution in [0.3, 0.4) is 0 Å². The van der Waals surface area contributed by atoms with Crippen LogP contribution in [0, 0.1) is 0 Å². The molecule has 2 aliphatic rings. The number of carbonyl (C=O) groups is 2. The molecule has 0 aromatic heterocycles. The van der Waals surface area contributed by atoms with Crippen molar-refractivity contribution < 1.29 is 14.3 Å². The minimum atomic E-state index is -0.582. The van der Waals surface area contributed by atoms with Gasteiger partial charge in [-0.25, -0.2) is 0 Å². The maximum Gasteiger partial charge on any atom is 0.268 e. The number of anilines is 1. The number of nitrogens with zero attached hydrogens (tertiary/aromatic N) is 2. The topological polar surface area (TPSA) is 49.9 Å². The number of carbonyl (C=O) groups excluding carboxylic acids is 2. The van der Waals surface area contributed by atoms with Gasteiger partial charge in [0.2, 0.25) is 5.91 Å². The second-order valence-electron chi connectivity index (χ2n) is 6.81. The molecule has 0 aliphatic carbocycles. The number of hydrogen-bond donors (Lipinski definition) is 0. The van der Waals surface area contributed by atoms with Gasteiger partial charge in [-0.15, -0.1) is 0 Å². The van der Waals surface area contributed by atoms with Crippen LogP contribution < -0.4 is 9.64 Å². The lowest BCUT2D eigenvalue weighted by Crippen LogP contribution is -2.49. The van der Waals surface area contributed by atoms with E-state index in [0.29, 0.717) is 11.4 Å². The molecule has 0 unspecified atom stereocenters. The second-order valence-corrected chi connectivity index (χ2v) is 6.81. The number of hydrogen-bond acceptors (Lipinski definition) is 3. The molecule has 2 aliphatic heterocycles. The van der Waals surface area contributed by atoms with Crippen molar-refractivity contribution in [2.45, 2.75) is 31.9 Å². The highest BCUT2D eigenvalue weighted by Crippen LogP contribution is 2.35. The van der Waals surface area contributed by atoms with Crippen LogP contribution in [0.1, 0.15) is 31.4 Å². The average molecular weight is 350 g/mol. The van der Waals surface area contributed by atoms with E-state index in [1.54, 1.807) is 11.8 Å². The zero-order chi connectivity index (χ0) is 18.1. The van der Waals surface area contributed by atoms with Crippen LogP contribution >= 0.6 is 0 Å². The van der Waals surface area contributed by atoms with Gasteiger partial charge in [0.15, 0.2) is 6.10 Å². The summed E-state index contributed by atoms with van der Waals surface area (Å²) in [6.07, 6.45) is 1.36. The number of likely N-dealkylation sites (tertiary alicyclic amines) is 1. The highest BCUT2D eigenvalue weighted by Gasteiger charge is 2.36. The Balaban J connectivity index is 1.57. The zero-order valence-corrected chi connectivity index (χ0v) is 14.8. The van der Waals surface area contributed by atoms with Crippen molar-refractivity contribution in [1.82, 2.24) is 4.90 Å². The lowest BCUT2D eigenvalue weighted by Gasteiger charge is -2.34. The third-order valence-electron chi connectivity index (χ3n) is 5.12. The van der Waals surface area contributed by atoms with E-state index in [1.807, 2.05) is 47.4 Å². The molecule has 5 heteroatoms. The van der Waals surface area contributed by atoms with Crippen molar-refractivity contribution in [2.75, 3.05) is 18.0 Å². The van der Waals surface area contributed by atoms with Gasteiger partial charge in [0.05, 0.1) is 11.7 Å². The summed E-state index contributed by atoms with van der Waals surface area (Å²) in [5.41, 5.74) is 1.82. The fraction of sp³-hybridized carbons (Fsp3) is 0.333. The van der Waals surface area contributed by atoms with E-state index in [1.165, 1.54) is 0 Å². The predicted molar refractivity (Wildman–Crippen MR) is 99.0 cm³/mol. The van der Waals surface area contributed by atoms with Gasteiger partial charge in [0.1, 0.15) is 12.3 Å². The Kier molecular flexibility index (Phi) is 4.37. The SMILES string of the molecule is C[C@@H]1Oc2ccccc2N(CC(=O)N2CCC[C@H]2c2ccccc2)C1=O. The number of fused-ring (bicyclic) bond motifs is 1. The standard InChI is InChI=1S/C21H22N2O3/c1-15-21(25)23(18-10-5-6-12-19(18)26-15)14-20(24)22-13-7-11-17(22)16-8-3-2-4-9-16/h2-6,8-10,12,15,17H,7,11,13-14H2,1H3/t15-,17-/m0/s1. The van der Waals surface area contributed by atoms with E-state index >= 15 is 0 Å². The molecule has 134 valence electrons. The summed E-state index contributed by atoms with van der Waals surface area (Å²) in [4.78, 5) is 29.1. The lowest BCUT2D eigenvalue weighted by atomic mass is 10.0. The van der Waals surface area contributed by atoms with Gasteiger partial charge in [-0.2, -0.15) is 0 Å². The average Bonchev–Trinajstić information content (AvgIpc) is 3.16. The molecule has 2 aromatic rings. The molecule has 1 fully saturated rings. The van der Waals surface area contributed by atoms with E-state index in [0.717, 1.165) is 24.9 Å². The number of benzene rings is 2. The molecule has 26 heavy (non-hydrogen) atoms. The van der Waals surface area contributed by atoms with Crippen molar-refractivity contribution >= 4 is 17.5 Å². The van der Waals surface area contributed by atoms with Crippen LogP contribution in [-0.4, -0.2) is 35.9 Å². The Morgan fingerprint density at radius 2 is 1.85 bits per heavy atom.